The van der Waals surface area contributed by atoms with Gasteiger partial charge in [-0.05, 0) is 24.1 Å². The quantitative estimate of drug-likeness (QED) is 0.641. The number of rotatable bonds is 10. The molecule has 1 aromatic carbocycles. The number of hydrogen-bond donors (Lipinski definition) is 2. The molecule has 5 heteroatoms. The second-order valence-electron chi connectivity index (χ2n) is 4.54. The molecule has 0 heterocycles. The van der Waals surface area contributed by atoms with E-state index in [2.05, 4.69) is 6.92 Å². The van der Waals surface area contributed by atoms with E-state index in [4.69, 9.17) is 19.3 Å². The molecule has 1 atom stereocenters. The van der Waals surface area contributed by atoms with Crippen molar-refractivity contribution in [1.82, 2.24) is 0 Å². The Morgan fingerprint density at radius 1 is 1.25 bits per heavy atom. The molecule has 0 aliphatic carbocycles. The minimum absolute atomic E-state index is 0.0270. The Bertz CT molecular complexity index is 381. The molecular weight excluding hydrogens is 260 g/mol. The maximum Gasteiger partial charge on any atom is 0.161 e. The molecule has 1 rings (SSSR count). The number of benzene rings is 1. The number of aliphatic hydroxyl groups is 2. The predicted molar refractivity (Wildman–Crippen MR) is 76.1 cm³/mol. The van der Waals surface area contributed by atoms with Crippen molar-refractivity contribution in [2.75, 3.05) is 26.9 Å². The molecule has 1 unspecified atom stereocenters. The summed E-state index contributed by atoms with van der Waals surface area (Å²) in [6.45, 7) is 3.11. The first kappa shape index (κ1) is 16.8. The summed E-state index contributed by atoms with van der Waals surface area (Å²) in [5.41, 5.74) is 1.01. The van der Waals surface area contributed by atoms with E-state index < -0.39 is 6.10 Å². The topological polar surface area (TPSA) is 68.2 Å². The summed E-state index contributed by atoms with van der Waals surface area (Å²) < 4.78 is 16.2. The molecule has 114 valence electrons. The summed E-state index contributed by atoms with van der Waals surface area (Å²) >= 11 is 0. The van der Waals surface area contributed by atoms with Crippen LogP contribution in [0.3, 0.4) is 0 Å². The van der Waals surface area contributed by atoms with Gasteiger partial charge in [0.15, 0.2) is 11.5 Å². The minimum Gasteiger partial charge on any atom is -0.493 e. The molecule has 0 fully saturated rings. The normalized spacial score (nSPS) is 12.2. The van der Waals surface area contributed by atoms with Crippen LogP contribution in [-0.2, 0) is 11.3 Å². The lowest BCUT2D eigenvalue weighted by Gasteiger charge is -2.14. The molecule has 1 aromatic rings. The fraction of sp³-hybridized carbons (Fsp3) is 0.600. The van der Waals surface area contributed by atoms with Crippen molar-refractivity contribution in [2.24, 2.45) is 0 Å². The van der Waals surface area contributed by atoms with E-state index in [0.717, 1.165) is 25.0 Å². The molecule has 0 aromatic heterocycles. The number of hydrogen-bond acceptors (Lipinski definition) is 5. The van der Waals surface area contributed by atoms with Crippen molar-refractivity contribution in [3.05, 3.63) is 23.8 Å². The zero-order valence-corrected chi connectivity index (χ0v) is 12.2. The van der Waals surface area contributed by atoms with Gasteiger partial charge in [0.25, 0.3) is 0 Å². The van der Waals surface area contributed by atoms with Crippen LogP contribution in [0, 0.1) is 0 Å². The lowest BCUT2D eigenvalue weighted by molar-refractivity contribution is 0.0527. The zero-order valence-electron chi connectivity index (χ0n) is 12.2. The molecule has 0 bridgehead atoms. The van der Waals surface area contributed by atoms with Crippen molar-refractivity contribution < 1.29 is 24.4 Å². The Kier molecular flexibility index (Phi) is 8.02. The van der Waals surface area contributed by atoms with E-state index in [1.54, 1.807) is 13.2 Å². The van der Waals surface area contributed by atoms with Gasteiger partial charge in [-0.25, -0.2) is 0 Å². The van der Waals surface area contributed by atoms with E-state index in [1.165, 1.54) is 0 Å². The van der Waals surface area contributed by atoms with Gasteiger partial charge in [0.05, 0.1) is 20.3 Å². The van der Waals surface area contributed by atoms with E-state index in [0.29, 0.717) is 18.1 Å². The van der Waals surface area contributed by atoms with Gasteiger partial charge < -0.3 is 24.4 Å². The van der Waals surface area contributed by atoms with Crippen LogP contribution in [0.2, 0.25) is 0 Å². The highest BCUT2D eigenvalue weighted by Gasteiger charge is 2.09. The smallest absolute Gasteiger partial charge is 0.161 e. The standard InChI is InChI=1S/C15H24O5/c1-3-4-7-19-10-12-5-6-14(15(8-12)18-2)20-11-13(17)9-16/h5-6,8,13,16-17H,3-4,7,9-11H2,1-2H3. The Morgan fingerprint density at radius 3 is 2.70 bits per heavy atom. The van der Waals surface area contributed by atoms with E-state index in [-0.39, 0.29) is 13.2 Å². The average Bonchev–Trinajstić information content (AvgIpc) is 2.49. The van der Waals surface area contributed by atoms with Crippen molar-refractivity contribution in [3.8, 4) is 11.5 Å². The van der Waals surface area contributed by atoms with E-state index in [1.807, 2.05) is 12.1 Å². The third-order valence-electron chi connectivity index (χ3n) is 2.78. The first-order valence-corrected chi connectivity index (χ1v) is 6.87. The number of aliphatic hydroxyl groups excluding tert-OH is 2. The van der Waals surface area contributed by atoms with Crippen LogP contribution in [0.15, 0.2) is 18.2 Å². The van der Waals surface area contributed by atoms with Gasteiger partial charge in [0.1, 0.15) is 12.7 Å². The molecule has 20 heavy (non-hydrogen) atoms. The highest BCUT2D eigenvalue weighted by Crippen LogP contribution is 2.28. The van der Waals surface area contributed by atoms with Gasteiger partial charge in [-0.2, -0.15) is 0 Å². The monoisotopic (exact) mass is 284 g/mol. The fourth-order valence-corrected chi connectivity index (χ4v) is 1.60. The summed E-state index contributed by atoms with van der Waals surface area (Å²) in [5.74, 6) is 1.13. The Morgan fingerprint density at radius 2 is 2.05 bits per heavy atom. The summed E-state index contributed by atoms with van der Waals surface area (Å²) in [7, 11) is 1.56. The summed E-state index contributed by atoms with van der Waals surface area (Å²) in [6.07, 6.45) is 1.28. The van der Waals surface area contributed by atoms with Gasteiger partial charge in [-0.15, -0.1) is 0 Å². The second-order valence-corrected chi connectivity index (χ2v) is 4.54. The number of unbranched alkanes of at least 4 members (excludes halogenated alkanes) is 1. The molecule has 0 saturated heterocycles. The first-order valence-electron chi connectivity index (χ1n) is 6.87. The maximum atomic E-state index is 9.27. The molecular formula is C15H24O5. The van der Waals surface area contributed by atoms with Crippen molar-refractivity contribution in [3.63, 3.8) is 0 Å². The summed E-state index contributed by atoms with van der Waals surface area (Å²) in [4.78, 5) is 0. The highest BCUT2D eigenvalue weighted by atomic mass is 16.5. The minimum atomic E-state index is -0.892. The van der Waals surface area contributed by atoms with Gasteiger partial charge >= 0.3 is 0 Å². The molecule has 0 aliphatic rings. The summed E-state index contributed by atoms with van der Waals surface area (Å²) in [5, 5.41) is 18.0. The van der Waals surface area contributed by atoms with Gasteiger partial charge in [0.2, 0.25) is 0 Å². The molecule has 0 saturated carbocycles. The van der Waals surface area contributed by atoms with Crippen LogP contribution >= 0.6 is 0 Å². The van der Waals surface area contributed by atoms with Crippen molar-refractivity contribution >= 4 is 0 Å². The van der Waals surface area contributed by atoms with Crippen LogP contribution in [-0.4, -0.2) is 43.2 Å². The second kappa shape index (κ2) is 9.58. The van der Waals surface area contributed by atoms with Crippen molar-refractivity contribution in [2.45, 2.75) is 32.5 Å². The molecule has 2 N–H and O–H groups in total. The van der Waals surface area contributed by atoms with Crippen molar-refractivity contribution in [1.29, 1.82) is 0 Å². The predicted octanol–water partition coefficient (Wildman–Crippen LogP) is 1.74. The highest BCUT2D eigenvalue weighted by molar-refractivity contribution is 5.42. The van der Waals surface area contributed by atoms with Gasteiger partial charge in [0, 0.05) is 6.61 Å². The van der Waals surface area contributed by atoms with E-state index >= 15 is 0 Å². The van der Waals surface area contributed by atoms with Crippen LogP contribution < -0.4 is 9.47 Å². The lowest BCUT2D eigenvalue weighted by Crippen LogP contribution is -2.21. The van der Waals surface area contributed by atoms with Crippen LogP contribution in [0.5, 0.6) is 11.5 Å². The van der Waals surface area contributed by atoms with Gasteiger partial charge in [-0.3, -0.25) is 0 Å². The molecule has 0 spiro atoms. The summed E-state index contributed by atoms with van der Waals surface area (Å²) in [6, 6.07) is 5.53. The SMILES string of the molecule is CCCCOCc1ccc(OCC(O)CO)c(OC)c1. The van der Waals surface area contributed by atoms with Gasteiger partial charge in [-0.1, -0.05) is 19.4 Å². The third-order valence-corrected chi connectivity index (χ3v) is 2.78. The fourth-order valence-electron chi connectivity index (χ4n) is 1.60. The third kappa shape index (κ3) is 5.77. The van der Waals surface area contributed by atoms with E-state index in [9.17, 15) is 5.11 Å². The Hall–Kier alpha value is -1.30. The molecule has 0 aliphatic heterocycles. The van der Waals surface area contributed by atoms with Crippen LogP contribution in [0.4, 0.5) is 0 Å². The zero-order chi connectivity index (χ0) is 14.8. The molecule has 0 amide bonds. The lowest BCUT2D eigenvalue weighted by atomic mass is 10.2. The number of ether oxygens (including phenoxy) is 3. The molecule has 5 nitrogen and oxygen atoms in total. The molecule has 0 radical (unpaired) electrons. The largest absolute Gasteiger partial charge is 0.493 e. The maximum absolute atomic E-state index is 9.27. The Balaban J connectivity index is 2.56. The Labute approximate surface area is 120 Å². The van der Waals surface area contributed by atoms with Crippen LogP contribution in [0.1, 0.15) is 25.3 Å². The van der Waals surface area contributed by atoms with Crippen LogP contribution in [0.25, 0.3) is 0 Å². The first-order chi connectivity index (χ1) is 9.71. The number of methoxy groups -OCH3 is 1. The average molecular weight is 284 g/mol.